The van der Waals surface area contributed by atoms with Crippen molar-refractivity contribution in [2.45, 2.75) is 50.2 Å². The van der Waals surface area contributed by atoms with Crippen LogP contribution in [0.15, 0.2) is 0 Å². The molecule has 3 nitrogen and oxygen atoms in total. The molecule has 1 heterocycles. The van der Waals surface area contributed by atoms with Gasteiger partial charge in [0.25, 0.3) is 0 Å². The minimum atomic E-state index is -0.393. The number of methoxy groups -OCH3 is 1. The summed E-state index contributed by atoms with van der Waals surface area (Å²) < 4.78 is 5.40. The van der Waals surface area contributed by atoms with Crippen molar-refractivity contribution in [2.24, 2.45) is 0 Å². The van der Waals surface area contributed by atoms with Gasteiger partial charge in [-0.25, -0.2) is 0 Å². The first kappa shape index (κ1) is 11.4. The molecule has 88 valence electrons. The van der Waals surface area contributed by atoms with E-state index in [1.54, 1.807) is 7.11 Å². The smallest absolute Gasteiger partial charge is 0.0774 e. The number of β-amino-alcohol motifs (C(OH)–C–C–N with tert-alkyl or cyclic N) is 1. The first-order valence-corrected chi connectivity index (χ1v) is 6.19. The maximum absolute atomic E-state index is 10.3. The Morgan fingerprint density at radius 1 is 1.33 bits per heavy atom. The number of ether oxygens (including phenoxy) is 1. The van der Waals surface area contributed by atoms with Crippen LogP contribution in [0.3, 0.4) is 0 Å². The molecule has 2 fully saturated rings. The second kappa shape index (κ2) is 4.81. The van der Waals surface area contributed by atoms with E-state index in [1.165, 1.54) is 25.7 Å². The summed E-state index contributed by atoms with van der Waals surface area (Å²) in [6, 6.07) is 0. The van der Waals surface area contributed by atoms with Crippen molar-refractivity contribution >= 4 is 0 Å². The van der Waals surface area contributed by atoms with Crippen LogP contribution in [0.2, 0.25) is 0 Å². The highest BCUT2D eigenvalue weighted by atomic mass is 16.5. The lowest BCUT2D eigenvalue weighted by atomic mass is 9.99. The molecule has 0 radical (unpaired) electrons. The Balaban J connectivity index is 1.83. The van der Waals surface area contributed by atoms with Gasteiger partial charge in [-0.15, -0.1) is 0 Å². The van der Waals surface area contributed by atoms with E-state index in [1.807, 2.05) is 0 Å². The van der Waals surface area contributed by atoms with Gasteiger partial charge in [-0.05, 0) is 32.2 Å². The molecule has 0 aromatic heterocycles. The van der Waals surface area contributed by atoms with Crippen LogP contribution in [-0.2, 0) is 4.74 Å². The van der Waals surface area contributed by atoms with Crippen molar-refractivity contribution in [3.63, 3.8) is 0 Å². The number of rotatable bonds is 3. The molecule has 0 amide bonds. The van der Waals surface area contributed by atoms with Crippen molar-refractivity contribution in [3.8, 4) is 0 Å². The predicted octanol–water partition coefficient (Wildman–Crippen LogP) is 1.40. The van der Waals surface area contributed by atoms with E-state index in [4.69, 9.17) is 4.74 Å². The summed E-state index contributed by atoms with van der Waals surface area (Å²) in [5.74, 6) is 0. The van der Waals surface area contributed by atoms with E-state index in [-0.39, 0.29) is 0 Å². The van der Waals surface area contributed by atoms with Crippen molar-refractivity contribution < 1.29 is 9.84 Å². The van der Waals surface area contributed by atoms with Crippen molar-refractivity contribution in [1.82, 2.24) is 4.90 Å². The van der Waals surface area contributed by atoms with Crippen molar-refractivity contribution in [2.75, 3.05) is 26.7 Å². The number of hydrogen-bond acceptors (Lipinski definition) is 3. The Hall–Kier alpha value is -0.120. The summed E-state index contributed by atoms with van der Waals surface area (Å²) >= 11 is 0. The zero-order valence-corrected chi connectivity index (χ0v) is 9.74. The third kappa shape index (κ3) is 2.92. The number of hydrogen-bond donors (Lipinski definition) is 1. The summed E-state index contributed by atoms with van der Waals surface area (Å²) in [6.45, 7) is 2.98. The minimum absolute atomic E-state index is 0.378. The summed E-state index contributed by atoms with van der Waals surface area (Å²) in [7, 11) is 1.79. The first-order valence-electron chi connectivity index (χ1n) is 6.19. The van der Waals surface area contributed by atoms with Gasteiger partial charge in [0.1, 0.15) is 0 Å². The van der Waals surface area contributed by atoms with E-state index >= 15 is 0 Å². The first-order chi connectivity index (χ1) is 7.22. The third-order valence-corrected chi connectivity index (χ3v) is 3.85. The average Bonchev–Trinajstić information content (AvgIpc) is 2.65. The molecule has 0 spiro atoms. The number of aliphatic hydroxyl groups is 1. The zero-order valence-electron chi connectivity index (χ0n) is 9.74. The fraction of sp³-hybridized carbons (Fsp3) is 1.00. The Kier molecular flexibility index (Phi) is 3.65. The Morgan fingerprint density at radius 2 is 2.07 bits per heavy atom. The summed E-state index contributed by atoms with van der Waals surface area (Å²) in [4.78, 5) is 2.38. The van der Waals surface area contributed by atoms with E-state index in [0.717, 1.165) is 32.5 Å². The Bertz CT molecular complexity index is 202. The SMILES string of the molecule is COC1CCCN(CC2(O)CCCC2)C1. The quantitative estimate of drug-likeness (QED) is 0.769. The van der Waals surface area contributed by atoms with E-state index < -0.39 is 5.60 Å². The normalized spacial score (nSPS) is 32.0. The molecule has 2 aliphatic rings. The molecule has 1 N–H and O–H groups in total. The molecule has 1 saturated heterocycles. The molecule has 15 heavy (non-hydrogen) atoms. The van der Waals surface area contributed by atoms with Crippen LogP contribution in [0.5, 0.6) is 0 Å². The van der Waals surface area contributed by atoms with Crippen LogP contribution in [0.1, 0.15) is 38.5 Å². The van der Waals surface area contributed by atoms with Crippen molar-refractivity contribution in [3.05, 3.63) is 0 Å². The van der Waals surface area contributed by atoms with Gasteiger partial charge >= 0.3 is 0 Å². The highest BCUT2D eigenvalue weighted by Crippen LogP contribution is 2.31. The lowest BCUT2D eigenvalue weighted by Crippen LogP contribution is -2.47. The minimum Gasteiger partial charge on any atom is -0.389 e. The summed E-state index contributed by atoms with van der Waals surface area (Å²) in [6.07, 6.45) is 7.11. The van der Waals surface area contributed by atoms with Gasteiger partial charge in [-0.2, -0.15) is 0 Å². The molecule has 1 unspecified atom stereocenters. The van der Waals surface area contributed by atoms with Gasteiger partial charge < -0.3 is 9.84 Å². The number of likely N-dealkylation sites (tertiary alicyclic amines) is 1. The second-order valence-electron chi connectivity index (χ2n) is 5.17. The fourth-order valence-corrected chi connectivity index (χ4v) is 2.96. The molecule has 0 aromatic carbocycles. The summed E-state index contributed by atoms with van der Waals surface area (Å²) in [5.41, 5.74) is -0.393. The molecule has 1 atom stereocenters. The Labute approximate surface area is 92.4 Å². The predicted molar refractivity (Wildman–Crippen MR) is 59.9 cm³/mol. The lowest BCUT2D eigenvalue weighted by Gasteiger charge is -2.36. The van der Waals surface area contributed by atoms with Gasteiger partial charge in [-0.1, -0.05) is 12.8 Å². The number of nitrogens with zero attached hydrogens (tertiary/aromatic N) is 1. The largest absolute Gasteiger partial charge is 0.389 e. The molecule has 2 rings (SSSR count). The molecule has 1 aliphatic carbocycles. The van der Waals surface area contributed by atoms with Gasteiger partial charge in [0.15, 0.2) is 0 Å². The standard InChI is InChI=1S/C12H23NO2/c1-15-11-5-4-8-13(9-11)10-12(14)6-2-3-7-12/h11,14H,2-10H2,1H3. The molecule has 0 aromatic rings. The molecule has 3 heteroatoms. The lowest BCUT2D eigenvalue weighted by molar-refractivity contribution is -0.0263. The van der Waals surface area contributed by atoms with E-state index in [0.29, 0.717) is 6.10 Å². The van der Waals surface area contributed by atoms with Crippen LogP contribution in [0, 0.1) is 0 Å². The monoisotopic (exact) mass is 213 g/mol. The molecule has 1 saturated carbocycles. The fourth-order valence-electron chi connectivity index (χ4n) is 2.96. The van der Waals surface area contributed by atoms with Gasteiger partial charge in [0.2, 0.25) is 0 Å². The van der Waals surface area contributed by atoms with Crippen LogP contribution >= 0.6 is 0 Å². The molecule has 1 aliphatic heterocycles. The van der Waals surface area contributed by atoms with Crippen molar-refractivity contribution in [1.29, 1.82) is 0 Å². The maximum atomic E-state index is 10.3. The molecular weight excluding hydrogens is 190 g/mol. The summed E-state index contributed by atoms with van der Waals surface area (Å²) in [5, 5.41) is 10.3. The van der Waals surface area contributed by atoms with Crippen LogP contribution in [0.4, 0.5) is 0 Å². The number of piperidine rings is 1. The second-order valence-corrected chi connectivity index (χ2v) is 5.17. The highest BCUT2D eigenvalue weighted by Gasteiger charge is 2.34. The Morgan fingerprint density at radius 3 is 2.73 bits per heavy atom. The van der Waals surface area contributed by atoms with Crippen LogP contribution < -0.4 is 0 Å². The maximum Gasteiger partial charge on any atom is 0.0774 e. The molecule has 0 bridgehead atoms. The van der Waals surface area contributed by atoms with E-state index in [2.05, 4.69) is 4.90 Å². The van der Waals surface area contributed by atoms with Gasteiger partial charge in [0.05, 0.1) is 11.7 Å². The topological polar surface area (TPSA) is 32.7 Å². The zero-order chi connectivity index (χ0) is 10.7. The molecular formula is C12H23NO2. The third-order valence-electron chi connectivity index (χ3n) is 3.85. The van der Waals surface area contributed by atoms with Gasteiger partial charge in [0, 0.05) is 20.2 Å². The van der Waals surface area contributed by atoms with E-state index in [9.17, 15) is 5.11 Å². The highest BCUT2D eigenvalue weighted by molar-refractivity contribution is 4.89. The average molecular weight is 213 g/mol. The van der Waals surface area contributed by atoms with Crippen LogP contribution in [-0.4, -0.2) is 48.5 Å². The van der Waals surface area contributed by atoms with Gasteiger partial charge in [-0.3, -0.25) is 4.90 Å². The van der Waals surface area contributed by atoms with Crippen LogP contribution in [0.25, 0.3) is 0 Å².